The molecule has 2 aliphatic rings. The maximum atomic E-state index is 5.80. The number of nitrogens with zero attached hydrogens (tertiary/aromatic N) is 3. The second-order valence-electron chi connectivity index (χ2n) is 5.82. The fraction of sp³-hybridized carbons (Fsp3) is 0.786. The van der Waals surface area contributed by atoms with Gasteiger partial charge in [-0.1, -0.05) is 0 Å². The Morgan fingerprint density at radius 3 is 2.84 bits per heavy atom. The minimum Gasteiger partial charge on any atom is -0.356 e. The third-order valence-electron chi connectivity index (χ3n) is 4.43. The van der Waals surface area contributed by atoms with Crippen LogP contribution in [0.3, 0.4) is 0 Å². The molecule has 3 N–H and O–H groups in total. The van der Waals surface area contributed by atoms with Crippen LogP contribution in [0.2, 0.25) is 0 Å². The highest BCUT2D eigenvalue weighted by molar-refractivity contribution is 5.37. The summed E-state index contributed by atoms with van der Waals surface area (Å²) in [5, 5.41) is 3.43. The molecule has 3 rings (SSSR count). The molecule has 0 aromatic carbocycles. The molecule has 0 aliphatic carbocycles. The van der Waals surface area contributed by atoms with Crippen molar-refractivity contribution in [2.24, 2.45) is 5.73 Å². The minimum atomic E-state index is 0.623. The number of hydrogen-bond donors (Lipinski definition) is 2. The zero-order valence-corrected chi connectivity index (χ0v) is 11.9. The van der Waals surface area contributed by atoms with Gasteiger partial charge in [0.25, 0.3) is 0 Å². The van der Waals surface area contributed by atoms with Crippen molar-refractivity contribution in [1.82, 2.24) is 14.5 Å². The molecule has 1 aromatic heterocycles. The second kappa shape index (κ2) is 5.51. The quantitative estimate of drug-likeness (QED) is 0.854. The molecule has 0 amide bonds. The van der Waals surface area contributed by atoms with E-state index in [0.29, 0.717) is 12.5 Å². The van der Waals surface area contributed by atoms with Crippen molar-refractivity contribution >= 4 is 5.95 Å². The molecule has 2 aliphatic heterocycles. The van der Waals surface area contributed by atoms with E-state index in [4.69, 9.17) is 10.7 Å². The van der Waals surface area contributed by atoms with Crippen LogP contribution in [-0.4, -0.2) is 47.7 Å². The molecule has 0 radical (unpaired) electrons. The van der Waals surface area contributed by atoms with Crippen LogP contribution in [0.25, 0.3) is 0 Å². The summed E-state index contributed by atoms with van der Waals surface area (Å²) in [5.41, 5.74) is 8.51. The van der Waals surface area contributed by atoms with Crippen LogP contribution in [0.5, 0.6) is 0 Å². The van der Waals surface area contributed by atoms with E-state index in [1.807, 2.05) is 0 Å². The van der Waals surface area contributed by atoms with Crippen molar-refractivity contribution in [3.05, 3.63) is 11.4 Å². The number of rotatable bonds is 3. The van der Waals surface area contributed by atoms with E-state index < -0.39 is 0 Å². The number of likely N-dealkylation sites (tertiary alicyclic amines) is 1. The van der Waals surface area contributed by atoms with Crippen molar-refractivity contribution in [2.75, 3.05) is 38.5 Å². The number of fused-ring (bicyclic) bond motifs is 1. The van der Waals surface area contributed by atoms with Crippen LogP contribution in [0.4, 0.5) is 5.95 Å². The first-order valence-corrected chi connectivity index (χ1v) is 7.51. The van der Waals surface area contributed by atoms with E-state index in [-0.39, 0.29) is 0 Å². The van der Waals surface area contributed by atoms with Crippen molar-refractivity contribution in [3.63, 3.8) is 0 Å². The Kier molecular flexibility index (Phi) is 3.75. The first-order chi connectivity index (χ1) is 9.29. The standard InChI is InChI=1S/C14H25N5/c1-18-9-4-11(5-10-18)13-12(3-6-15)19-8-2-7-16-14(19)17-13/h11H,2-10,15H2,1H3,(H,16,17). The van der Waals surface area contributed by atoms with Crippen LogP contribution < -0.4 is 11.1 Å². The average Bonchev–Trinajstić information content (AvgIpc) is 2.79. The number of piperidine rings is 1. The van der Waals surface area contributed by atoms with Gasteiger partial charge in [-0.25, -0.2) is 4.98 Å². The van der Waals surface area contributed by atoms with E-state index >= 15 is 0 Å². The third-order valence-corrected chi connectivity index (χ3v) is 4.43. The predicted octanol–water partition coefficient (Wildman–Crippen LogP) is 1.01. The highest BCUT2D eigenvalue weighted by Gasteiger charge is 2.27. The van der Waals surface area contributed by atoms with Gasteiger partial charge in [0.15, 0.2) is 0 Å². The van der Waals surface area contributed by atoms with Gasteiger partial charge in [-0.05, 0) is 45.9 Å². The Morgan fingerprint density at radius 2 is 2.11 bits per heavy atom. The molecule has 3 heterocycles. The molecule has 0 bridgehead atoms. The Morgan fingerprint density at radius 1 is 1.32 bits per heavy atom. The highest BCUT2D eigenvalue weighted by Crippen LogP contribution is 2.32. The molecule has 19 heavy (non-hydrogen) atoms. The summed E-state index contributed by atoms with van der Waals surface area (Å²) in [6.45, 7) is 5.22. The zero-order valence-electron chi connectivity index (χ0n) is 11.9. The van der Waals surface area contributed by atoms with Crippen molar-refractivity contribution < 1.29 is 0 Å². The van der Waals surface area contributed by atoms with E-state index in [0.717, 1.165) is 25.5 Å². The van der Waals surface area contributed by atoms with Crippen LogP contribution >= 0.6 is 0 Å². The molecule has 0 unspecified atom stereocenters. The number of nitrogens with one attached hydrogen (secondary N) is 1. The summed E-state index contributed by atoms with van der Waals surface area (Å²) in [7, 11) is 2.21. The summed E-state index contributed by atoms with van der Waals surface area (Å²) >= 11 is 0. The Hall–Kier alpha value is -1.07. The topological polar surface area (TPSA) is 59.1 Å². The van der Waals surface area contributed by atoms with Crippen molar-refractivity contribution in [2.45, 2.75) is 38.1 Å². The van der Waals surface area contributed by atoms with E-state index in [9.17, 15) is 0 Å². The van der Waals surface area contributed by atoms with Crippen molar-refractivity contribution in [1.29, 1.82) is 0 Å². The Labute approximate surface area is 115 Å². The molecule has 5 heteroatoms. The Balaban J connectivity index is 1.89. The second-order valence-corrected chi connectivity index (χ2v) is 5.82. The number of anilines is 1. The molecule has 0 spiro atoms. The van der Waals surface area contributed by atoms with Gasteiger partial charge < -0.3 is 20.5 Å². The molecule has 5 nitrogen and oxygen atoms in total. The first kappa shape index (κ1) is 12.9. The summed E-state index contributed by atoms with van der Waals surface area (Å²) in [6, 6.07) is 0. The van der Waals surface area contributed by atoms with Crippen LogP contribution in [0.15, 0.2) is 0 Å². The first-order valence-electron chi connectivity index (χ1n) is 7.51. The molecule has 0 atom stereocenters. The maximum absolute atomic E-state index is 5.80. The molecule has 1 fully saturated rings. The third kappa shape index (κ3) is 2.49. The molecule has 106 valence electrons. The number of hydrogen-bond acceptors (Lipinski definition) is 4. The smallest absolute Gasteiger partial charge is 0.203 e. The lowest BCUT2D eigenvalue weighted by Crippen LogP contribution is -2.30. The largest absolute Gasteiger partial charge is 0.356 e. The summed E-state index contributed by atoms with van der Waals surface area (Å²) < 4.78 is 2.37. The fourth-order valence-electron chi connectivity index (χ4n) is 3.33. The Bertz CT molecular complexity index is 431. The van der Waals surface area contributed by atoms with Gasteiger partial charge in [0, 0.05) is 31.1 Å². The number of aromatic nitrogens is 2. The molecular weight excluding hydrogens is 238 g/mol. The average molecular weight is 263 g/mol. The lowest BCUT2D eigenvalue weighted by atomic mass is 9.92. The van der Waals surface area contributed by atoms with E-state index in [1.54, 1.807) is 0 Å². The van der Waals surface area contributed by atoms with E-state index in [1.165, 1.54) is 43.7 Å². The lowest BCUT2D eigenvalue weighted by Gasteiger charge is -2.28. The number of nitrogens with two attached hydrogens (primary N) is 1. The van der Waals surface area contributed by atoms with Crippen LogP contribution in [0.1, 0.15) is 36.6 Å². The summed E-state index contributed by atoms with van der Waals surface area (Å²) in [6.07, 6.45) is 4.60. The predicted molar refractivity (Wildman–Crippen MR) is 77.6 cm³/mol. The fourth-order valence-corrected chi connectivity index (χ4v) is 3.33. The van der Waals surface area contributed by atoms with Crippen LogP contribution in [-0.2, 0) is 13.0 Å². The van der Waals surface area contributed by atoms with Gasteiger partial charge in [-0.15, -0.1) is 0 Å². The minimum absolute atomic E-state index is 0.623. The van der Waals surface area contributed by atoms with Gasteiger partial charge in [0.05, 0.1) is 5.69 Å². The van der Waals surface area contributed by atoms with Crippen molar-refractivity contribution in [3.8, 4) is 0 Å². The van der Waals surface area contributed by atoms with E-state index in [2.05, 4.69) is 21.8 Å². The summed E-state index contributed by atoms with van der Waals surface area (Å²) in [4.78, 5) is 7.31. The monoisotopic (exact) mass is 263 g/mol. The molecule has 1 saturated heterocycles. The highest BCUT2D eigenvalue weighted by atomic mass is 15.2. The molecular formula is C14H25N5. The van der Waals surface area contributed by atoms with Gasteiger partial charge in [0.1, 0.15) is 0 Å². The summed E-state index contributed by atoms with van der Waals surface area (Å²) in [5.74, 6) is 1.70. The van der Waals surface area contributed by atoms with Crippen LogP contribution in [0, 0.1) is 0 Å². The van der Waals surface area contributed by atoms with Gasteiger partial charge in [0.2, 0.25) is 5.95 Å². The van der Waals surface area contributed by atoms with Gasteiger partial charge in [-0.3, -0.25) is 0 Å². The molecule has 0 saturated carbocycles. The normalized spacial score (nSPS) is 21.2. The number of imidazole rings is 1. The maximum Gasteiger partial charge on any atom is 0.203 e. The SMILES string of the molecule is CN1CCC(c2nc3n(c2CCN)CCCN3)CC1. The van der Waals surface area contributed by atoms with Gasteiger partial charge >= 0.3 is 0 Å². The van der Waals surface area contributed by atoms with Gasteiger partial charge in [-0.2, -0.15) is 0 Å². The molecule has 1 aromatic rings. The lowest BCUT2D eigenvalue weighted by molar-refractivity contribution is 0.253. The zero-order chi connectivity index (χ0) is 13.2.